The van der Waals surface area contributed by atoms with Crippen LogP contribution in [0.2, 0.25) is 0 Å². The number of nitrogens with zero attached hydrogens (tertiary/aromatic N) is 3. The molecule has 8 aromatic rings. The fourth-order valence-corrected chi connectivity index (χ4v) is 7.68. The highest BCUT2D eigenvalue weighted by molar-refractivity contribution is 5.98. The minimum Gasteiger partial charge on any atom is -0.507 e. The highest BCUT2D eigenvalue weighted by atomic mass is 16.3. The van der Waals surface area contributed by atoms with Crippen LogP contribution in [-0.4, -0.2) is 19.6 Å². The third kappa shape index (κ3) is 7.36. The van der Waals surface area contributed by atoms with E-state index in [1.165, 1.54) is 5.56 Å². The molecule has 6 aromatic carbocycles. The van der Waals surface area contributed by atoms with Crippen LogP contribution in [0.5, 0.6) is 5.75 Å². The first-order valence-electron chi connectivity index (χ1n) is 23.2. The predicted molar refractivity (Wildman–Crippen MR) is 244 cm³/mol. The second-order valence-corrected chi connectivity index (χ2v) is 17.5. The lowest BCUT2D eigenvalue weighted by Crippen LogP contribution is -2.11. The van der Waals surface area contributed by atoms with E-state index in [9.17, 15) is 5.11 Å². The lowest BCUT2D eigenvalue weighted by molar-refractivity contribution is 0.472. The van der Waals surface area contributed by atoms with E-state index in [1.54, 1.807) is 18.3 Å². The van der Waals surface area contributed by atoms with Crippen LogP contribution < -0.4 is 0 Å². The average molecular weight is 767 g/mol. The molecule has 1 N–H and O–H groups in total. The number of aryl methyl sites for hydroxylation is 3. The minimum absolute atomic E-state index is 0.00180. The summed E-state index contributed by atoms with van der Waals surface area (Å²) in [5.74, 6) is 0.758. The van der Waals surface area contributed by atoms with Crippen molar-refractivity contribution in [2.45, 2.75) is 80.0 Å². The molecular weight excluding hydrogens is 707 g/mol. The molecule has 4 heteroatoms. The maximum atomic E-state index is 11.8. The number of aromatic nitrogens is 3. The molecule has 0 unspecified atom stereocenters. The van der Waals surface area contributed by atoms with Crippen LogP contribution in [-0.2, 0) is 10.8 Å². The van der Waals surface area contributed by atoms with Crippen molar-refractivity contribution in [1.82, 2.24) is 14.5 Å². The maximum Gasteiger partial charge on any atom is 0.149 e. The number of hydrogen-bond donors (Lipinski definition) is 1. The van der Waals surface area contributed by atoms with Crippen molar-refractivity contribution in [3.8, 4) is 67.5 Å². The van der Waals surface area contributed by atoms with E-state index in [4.69, 9.17) is 19.6 Å². The van der Waals surface area contributed by atoms with Crippen molar-refractivity contribution in [3.05, 3.63) is 167 Å². The summed E-state index contributed by atoms with van der Waals surface area (Å²) in [6.45, 7) is 16.2. The molecule has 0 bridgehead atoms. The standard InChI is InChI=1S/C54H53N3O/c1-33-14-17-37(18-15-33)39-24-25-55-47(32-39)41-29-40(30-43(31-41)54(8,9)10)44-12-11-13-49-50(44)56-52(46-28-35(3)26-36(4)51(46)58)57(49)48-23-16-34(2)27-45(48)38-19-21-42(22-20-38)53(5,6)7/h11-32,58H,1-10H3/i1D3,14D,15D,17D,18D. The van der Waals surface area contributed by atoms with E-state index in [1.807, 2.05) is 38.1 Å². The number of para-hydroxylation sites is 1. The zero-order valence-corrected chi connectivity index (χ0v) is 34.7. The highest BCUT2D eigenvalue weighted by Crippen LogP contribution is 2.43. The van der Waals surface area contributed by atoms with E-state index in [0.29, 0.717) is 22.6 Å². The van der Waals surface area contributed by atoms with Crippen molar-refractivity contribution in [1.29, 1.82) is 0 Å². The smallest absolute Gasteiger partial charge is 0.149 e. The van der Waals surface area contributed by atoms with E-state index >= 15 is 0 Å². The molecule has 0 aliphatic heterocycles. The van der Waals surface area contributed by atoms with Crippen molar-refractivity contribution < 1.29 is 14.7 Å². The lowest BCUT2D eigenvalue weighted by atomic mass is 9.83. The normalized spacial score (nSPS) is 14.0. The quantitative estimate of drug-likeness (QED) is 0.183. The monoisotopic (exact) mass is 766 g/mol. The van der Waals surface area contributed by atoms with Gasteiger partial charge in [-0.25, -0.2) is 4.98 Å². The Labute approximate surface area is 353 Å². The van der Waals surface area contributed by atoms with Gasteiger partial charge in [-0.3, -0.25) is 9.55 Å². The summed E-state index contributed by atoms with van der Waals surface area (Å²) in [6.07, 6.45) is 1.57. The second kappa shape index (κ2) is 14.6. The van der Waals surface area contributed by atoms with Gasteiger partial charge in [0.25, 0.3) is 0 Å². The number of hydrogen-bond acceptors (Lipinski definition) is 3. The van der Waals surface area contributed by atoms with E-state index in [0.717, 1.165) is 66.8 Å². The molecule has 0 aliphatic rings. The molecule has 0 fully saturated rings. The number of aromatic hydroxyl groups is 1. The summed E-state index contributed by atoms with van der Waals surface area (Å²) >= 11 is 0. The van der Waals surface area contributed by atoms with Crippen LogP contribution in [0.4, 0.5) is 0 Å². The molecule has 8 rings (SSSR count). The number of phenolic OH excluding ortho intramolecular Hbond substituents is 1. The molecule has 2 heterocycles. The summed E-state index contributed by atoms with van der Waals surface area (Å²) < 4.78 is 60.5. The molecule has 0 atom stereocenters. The first-order valence-corrected chi connectivity index (χ1v) is 19.7. The number of benzene rings is 6. The first kappa shape index (κ1) is 30.8. The van der Waals surface area contributed by atoms with Crippen LogP contribution in [0.25, 0.3) is 72.7 Å². The number of imidazole rings is 1. The zero-order chi connectivity index (χ0) is 47.1. The van der Waals surface area contributed by atoms with Gasteiger partial charge in [0.2, 0.25) is 0 Å². The van der Waals surface area contributed by atoms with Gasteiger partial charge in [-0.2, -0.15) is 0 Å². The van der Waals surface area contributed by atoms with Crippen LogP contribution in [0.15, 0.2) is 133 Å². The summed E-state index contributed by atoms with van der Waals surface area (Å²) in [5.41, 5.74) is 12.8. The topological polar surface area (TPSA) is 50.9 Å². The molecule has 2 aromatic heterocycles. The average Bonchev–Trinajstić information content (AvgIpc) is 3.62. The molecule has 0 saturated heterocycles. The molecule has 0 amide bonds. The Kier molecular flexibility index (Phi) is 7.76. The van der Waals surface area contributed by atoms with Gasteiger partial charge >= 0.3 is 0 Å². The molecule has 0 aliphatic carbocycles. The molecule has 290 valence electrons. The number of fused-ring (bicyclic) bond motifs is 1. The Balaban J connectivity index is 1.38. The SMILES string of the molecule is [2H]c1c([2H])c(C([2H])([2H])[2H])c([2H])c([2H])c1-c1ccnc(-c2cc(-c3cccc4c3nc(-c3cc(C)cc(C)c3O)n4-c3ccc(C)cc3-c3ccc(C(C)(C)C)cc3)cc(C(C)(C)C)c2)c1. The summed E-state index contributed by atoms with van der Waals surface area (Å²) in [5, 5.41) is 11.8. The van der Waals surface area contributed by atoms with Crippen LogP contribution in [0, 0.1) is 27.6 Å². The molecular formula is C54H53N3O. The molecule has 0 saturated carbocycles. The molecule has 0 radical (unpaired) electrons. The fraction of sp³-hybridized carbons (Fsp3) is 0.222. The molecule has 58 heavy (non-hydrogen) atoms. The van der Waals surface area contributed by atoms with Crippen molar-refractivity contribution in [2.75, 3.05) is 0 Å². The fourth-order valence-electron chi connectivity index (χ4n) is 7.68. The van der Waals surface area contributed by atoms with Gasteiger partial charge in [-0.1, -0.05) is 131 Å². The van der Waals surface area contributed by atoms with Crippen molar-refractivity contribution >= 4 is 11.0 Å². The number of pyridine rings is 1. The Morgan fingerprint density at radius 1 is 0.586 bits per heavy atom. The Hall–Kier alpha value is -6.26. The van der Waals surface area contributed by atoms with E-state index in [2.05, 4.69) is 120 Å². The number of rotatable bonds is 6. The van der Waals surface area contributed by atoms with Crippen LogP contribution in [0.1, 0.15) is 84.5 Å². The third-order valence-corrected chi connectivity index (χ3v) is 10.9. The minimum atomic E-state index is -2.81. The van der Waals surface area contributed by atoms with Gasteiger partial charge in [0.05, 0.1) is 33.5 Å². The van der Waals surface area contributed by atoms with Gasteiger partial charge in [0.15, 0.2) is 0 Å². The summed E-state index contributed by atoms with van der Waals surface area (Å²) in [4.78, 5) is 10.2. The molecule has 0 spiro atoms. The van der Waals surface area contributed by atoms with Gasteiger partial charge in [-0.05, 0) is 131 Å². The van der Waals surface area contributed by atoms with Gasteiger partial charge in [0, 0.05) is 27.0 Å². The van der Waals surface area contributed by atoms with Crippen molar-refractivity contribution in [2.24, 2.45) is 0 Å². The largest absolute Gasteiger partial charge is 0.507 e. The molecule has 4 nitrogen and oxygen atoms in total. The van der Waals surface area contributed by atoms with E-state index < -0.39 is 36.6 Å². The third-order valence-electron chi connectivity index (χ3n) is 10.9. The Bertz CT molecular complexity index is 3160. The van der Waals surface area contributed by atoms with Crippen molar-refractivity contribution in [3.63, 3.8) is 0 Å². The highest BCUT2D eigenvalue weighted by Gasteiger charge is 2.25. The van der Waals surface area contributed by atoms with E-state index in [-0.39, 0.29) is 22.1 Å². The lowest BCUT2D eigenvalue weighted by Gasteiger charge is -2.22. The maximum absolute atomic E-state index is 11.8. The first-order chi connectivity index (χ1) is 30.4. The van der Waals surface area contributed by atoms with Gasteiger partial charge < -0.3 is 5.11 Å². The van der Waals surface area contributed by atoms with Gasteiger partial charge in [0.1, 0.15) is 11.6 Å². The number of phenols is 1. The Morgan fingerprint density at radius 2 is 1.29 bits per heavy atom. The summed E-state index contributed by atoms with van der Waals surface area (Å²) in [7, 11) is 0. The van der Waals surface area contributed by atoms with Gasteiger partial charge in [-0.15, -0.1) is 0 Å². The van der Waals surface area contributed by atoms with Crippen LogP contribution >= 0.6 is 0 Å². The predicted octanol–water partition coefficient (Wildman–Crippen LogP) is 14.3. The Morgan fingerprint density at radius 3 is 2.00 bits per heavy atom. The van der Waals surface area contributed by atoms with Crippen LogP contribution in [0.3, 0.4) is 0 Å². The zero-order valence-electron chi connectivity index (χ0n) is 41.7. The summed E-state index contributed by atoms with van der Waals surface area (Å²) in [6, 6.07) is 32.9. The second-order valence-electron chi connectivity index (χ2n) is 17.5.